The number of Topliss-reactive ketones (excluding diaryl/α,β-unsaturated/α-hetero) is 1. The van der Waals surface area contributed by atoms with E-state index in [4.69, 9.17) is 18.9 Å². The Morgan fingerprint density at radius 1 is 0.857 bits per heavy atom. The predicted octanol–water partition coefficient (Wildman–Crippen LogP) is 5.36. The van der Waals surface area contributed by atoms with Gasteiger partial charge in [0.2, 0.25) is 0 Å². The molecule has 0 N–H and O–H groups in total. The van der Waals surface area contributed by atoms with E-state index >= 15 is 0 Å². The highest BCUT2D eigenvalue weighted by Crippen LogP contribution is 2.51. The van der Waals surface area contributed by atoms with E-state index in [1.165, 1.54) is 5.56 Å². The molecule has 35 heavy (non-hydrogen) atoms. The minimum atomic E-state index is -0.168. The molecule has 184 valence electrons. The monoisotopic (exact) mass is 475 g/mol. The SMILES string of the molecule is COc1ccc([C@@H]2C=C3c4cc(OC)c(OC)cc4CCN3C3=C2C(=O)CC(C)(C)C3)cc1OC. The Kier molecular flexibility index (Phi) is 5.78. The van der Waals surface area contributed by atoms with Gasteiger partial charge in [0.05, 0.1) is 28.4 Å². The van der Waals surface area contributed by atoms with E-state index in [1.807, 2.05) is 18.2 Å². The van der Waals surface area contributed by atoms with Gasteiger partial charge >= 0.3 is 0 Å². The van der Waals surface area contributed by atoms with Crippen LogP contribution in [0.1, 0.15) is 49.3 Å². The first kappa shape index (κ1) is 23.3. The van der Waals surface area contributed by atoms with Gasteiger partial charge in [-0.15, -0.1) is 0 Å². The molecule has 6 nitrogen and oxygen atoms in total. The molecule has 1 aliphatic carbocycles. The first-order chi connectivity index (χ1) is 16.8. The molecule has 0 bridgehead atoms. The van der Waals surface area contributed by atoms with Gasteiger partial charge in [-0.05, 0) is 59.7 Å². The van der Waals surface area contributed by atoms with Gasteiger partial charge in [-0.25, -0.2) is 0 Å². The molecule has 6 heteroatoms. The molecule has 0 amide bonds. The maximum atomic E-state index is 13.6. The molecule has 2 aliphatic heterocycles. The number of hydrogen-bond acceptors (Lipinski definition) is 6. The number of carbonyl (C=O) groups excluding carboxylic acids is 1. The molecule has 5 rings (SSSR count). The van der Waals surface area contributed by atoms with Gasteiger partial charge < -0.3 is 23.8 Å². The molecular formula is C29H33NO5. The number of hydrogen-bond donors (Lipinski definition) is 0. The van der Waals surface area contributed by atoms with Crippen molar-refractivity contribution >= 4 is 11.5 Å². The maximum absolute atomic E-state index is 13.6. The van der Waals surface area contributed by atoms with Crippen molar-refractivity contribution < 1.29 is 23.7 Å². The summed E-state index contributed by atoms with van der Waals surface area (Å²) in [6.45, 7) is 5.20. The van der Waals surface area contributed by atoms with Gasteiger partial charge in [0.15, 0.2) is 28.8 Å². The van der Waals surface area contributed by atoms with Crippen LogP contribution in [0.25, 0.3) is 5.70 Å². The highest BCUT2D eigenvalue weighted by molar-refractivity contribution is 6.01. The van der Waals surface area contributed by atoms with Crippen LogP contribution >= 0.6 is 0 Å². The Balaban J connectivity index is 1.72. The minimum absolute atomic E-state index is 0.0849. The van der Waals surface area contributed by atoms with Crippen molar-refractivity contribution in [2.45, 2.75) is 39.0 Å². The molecule has 2 heterocycles. The second-order valence-corrected chi connectivity index (χ2v) is 10.2. The van der Waals surface area contributed by atoms with Crippen LogP contribution in [0.2, 0.25) is 0 Å². The van der Waals surface area contributed by atoms with Crippen molar-refractivity contribution in [2.75, 3.05) is 35.0 Å². The fourth-order valence-corrected chi connectivity index (χ4v) is 5.77. The molecular weight excluding hydrogens is 442 g/mol. The number of carbonyl (C=O) groups is 1. The van der Waals surface area contributed by atoms with E-state index < -0.39 is 0 Å². The van der Waals surface area contributed by atoms with Gasteiger partial charge in [-0.3, -0.25) is 4.79 Å². The highest BCUT2D eigenvalue weighted by Gasteiger charge is 2.43. The Hall–Kier alpha value is -3.41. The summed E-state index contributed by atoms with van der Waals surface area (Å²) in [6, 6.07) is 10.1. The average Bonchev–Trinajstić information content (AvgIpc) is 2.85. The zero-order valence-electron chi connectivity index (χ0n) is 21.4. The lowest BCUT2D eigenvalue weighted by Crippen LogP contribution is -2.40. The van der Waals surface area contributed by atoms with E-state index in [2.05, 4.69) is 37.0 Å². The maximum Gasteiger partial charge on any atom is 0.162 e. The summed E-state index contributed by atoms with van der Waals surface area (Å²) in [5.41, 5.74) is 6.45. The third-order valence-corrected chi connectivity index (χ3v) is 7.41. The van der Waals surface area contributed by atoms with E-state index in [9.17, 15) is 4.79 Å². The largest absolute Gasteiger partial charge is 0.493 e. The molecule has 0 fully saturated rings. The van der Waals surface area contributed by atoms with Crippen LogP contribution in [-0.2, 0) is 11.2 Å². The fourth-order valence-electron chi connectivity index (χ4n) is 5.77. The molecule has 1 atom stereocenters. The molecule has 2 aromatic carbocycles. The molecule has 0 spiro atoms. The standard InChI is InChI=1S/C29H33NO5/c1-29(2)15-22-28(23(31)16-29)20(17-7-8-24(32-3)25(11-17)33-4)13-21-19-14-27(35-6)26(34-5)12-18(19)9-10-30(21)22/h7-8,11-14,20H,9-10,15-16H2,1-6H3/t20-/m0/s1. The first-order valence-electron chi connectivity index (χ1n) is 12.0. The Bertz CT molecular complexity index is 1260. The fraction of sp³-hybridized carbons (Fsp3) is 0.414. The van der Waals surface area contributed by atoms with Crippen molar-refractivity contribution in [1.82, 2.24) is 4.90 Å². The lowest BCUT2D eigenvalue weighted by atomic mass is 9.69. The highest BCUT2D eigenvalue weighted by atomic mass is 16.5. The molecule has 0 saturated carbocycles. The number of ketones is 1. The van der Waals surface area contributed by atoms with E-state index in [0.717, 1.165) is 53.2 Å². The van der Waals surface area contributed by atoms with Gasteiger partial charge in [0.25, 0.3) is 0 Å². The topological polar surface area (TPSA) is 57.2 Å². The van der Waals surface area contributed by atoms with E-state index in [-0.39, 0.29) is 17.1 Å². The van der Waals surface area contributed by atoms with Gasteiger partial charge in [-0.2, -0.15) is 0 Å². The summed E-state index contributed by atoms with van der Waals surface area (Å²) in [5.74, 6) is 2.83. The Morgan fingerprint density at radius 3 is 2.20 bits per heavy atom. The van der Waals surface area contributed by atoms with Crippen molar-refractivity contribution in [3.63, 3.8) is 0 Å². The molecule has 2 aromatic rings. The zero-order chi connectivity index (χ0) is 24.9. The van der Waals surface area contributed by atoms with Gasteiger partial charge in [-0.1, -0.05) is 19.9 Å². The first-order valence-corrected chi connectivity index (χ1v) is 12.0. The van der Waals surface area contributed by atoms with Crippen molar-refractivity contribution in [3.05, 3.63) is 64.4 Å². The lowest BCUT2D eigenvalue weighted by Gasteiger charge is -2.46. The minimum Gasteiger partial charge on any atom is -0.493 e. The van der Waals surface area contributed by atoms with E-state index in [0.29, 0.717) is 23.7 Å². The molecule has 0 radical (unpaired) electrons. The average molecular weight is 476 g/mol. The normalized spacial score (nSPS) is 20.4. The van der Waals surface area contributed by atoms with Crippen LogP contribution in [0.5, 0.6) is 23.0 Å². The van der Waals surface area contributed by atoms with Crippen LogP contribution in [0.4, 0.5) is 0 Å². The van der Waals surface area contributed by atoms with Crippen LogP contribution in [0.3, 0.4) is 0 Å². The van der Waals surface area contributed by atoms with Crippen LogP contribution in [-0.4, -0.2) is 45.7 Å². The molecule has 0 unspecified atom stereocenters. The summed E-state index contributed by atoms with van der Waals surface area (Å²) in [5, 5.41) is 0. The molecule has 3 aliphatic rings. The number of nitrogens with zero attached hydrogens (tertiary/aromatic N) is 1. The lowest BCUT2D eigenvalue weighted by molar-refractivity contribution is -0.118. The van der Waals surface area contributed by atoms with Crippen LogP contribution in [0.15, 0.2) is 47.7 Å². The second kappa shape index (κ2) is 8.67. The van der Waals surface area contributed by atoms with Crippen LogP contribution < -0.4 is 18.9 Å². The third kappa shape index (κ3) is 3.85. The number of allylic oxidation sites excluding steroid dienone is 3. The number of ether oxygens (including phenoxy) is 4. The summed E-state index contributed by atoms with van der Waals surface area (Å²) in [7, 11) is 6.60. The quantitative estimate of drug-likeness (QED) is 0.580. The summed E-state index contributed by atoms with van der Waals surface area (Å²) in [4.78, 5) is 16.0. The summed E-state index contributed by atoms with van der Waals surface area (Å²) < 4.78 is 22.3. The smallest absolute Gasteiger partial charge is 0.162 e. The van der Waals surface area contributed by atoms with Gasteiger partial charge in [0, 0.05) is 41.4 Å². The van der Waals surface area contributed by atoms with Gasteiger partial charge in [0.1, 0.15) is 0 Å². The van der Waals surface area contributed by atoms with Crippen molar-refractivity contribution in [3.8, 4) is 23.0 Å². The number of benzene rings is 2. The third-order valence-electron chi connectivity index (χ3n) is 7.41. The Labute approximate surface area is 207 Å². The number of methoxy groups -OCH3 is 4. The number of fused-ring (bicyclic) bond motifs is 4. The summed E-state index contributed by atoms with van der Waals surface area (Å²) >= 11 is 0. The molecule has 0 aromatic heterocycles. The molecule has 0 saturated heterocycles. The Morgan fingerprint density at radius 2 is 1.51 bits per heavy atom. The predicted molar refractivity (Wildman–Crippen MR) is 135 cm³/mol. The van der Waals surface area contributed by atoms with Crippen LogP contribution in [0, 0.1) is 5.41 Å². The van der Waals surface area contributed by atoms with Crippen molar-refractivity contribution in [2.24, 2.45) is 5.41 Å². The zero-order valence-corrected chi connectivity index (χ0v) is 21.4. The summed E-state index contributed by atoms with van der Waals surface area (Å²) in [6.07, 6.45) is 4.52. The van der Waals surface area contributed by atoms with E-state index in [1.54, 1.807) is 28.4 Å². The second-order valence-electron chi connectivity index (χ2n) is 10.2. The number of rotatable bonds is 5. The van der Waals surface area contributed by atoms with Crippen molar-refractivity contribution in [1.29, 1.82) is 0 Å².